The third kappa shape index (κ3) is 3.40. The first-order valence-corrected chi connectivity index (χ1v) is 7.65. The van der Waals surface area contributed by atoms with E-state index in [2.05, 4.69) is 13.8 Å². The quantitative estimate of drug-likeness (QED) is 0.767. The lowest BCUT2D eigenvalue weighted by atomic mass is 10.0. The van der Waals surface area contributed by atoms with E-state index in [-0.39, 0.29) is 12.6 Å². The van der Waals surface area contributed by atoms with E-state index in [9.17, 15) is 8.42 Å². The Labute approximate surface area is 105 Å². The Morgan fingerprint density at radius 2 is 2.12 bits per heavy atom. The van der Waals surface area contributed by atoms with Gasteiger partial charge in [0.2, 0.25) is 0 Å². The van der Waals surface area contributed by atoms with Crippen LogP contribution in [0.4, 0.5) is 0 Å². The third-order valence-electron chi connectivity index (χ3n) is 3.34. The molecule has 0 spiro atoms. The summed E-state index contributed by atoms with van der Waals surface area (Å²) in [4.78, 5) is 0. The number of hydrogen-bond donors (Lipinski definition) is 1. The van der Waals surface area contributed by atoms with Crippen LogP contribution in [-0.4, -0.2) is 54.9 Å². The Morgan fingerprint density at radius 3 is 2.65 bits per heavy atom. The van der Waals surface area contributed by atoms with Gasteiger partial charge in [-0.3, -0.25) is 0 Å². The molecule has 0 aromatic heterocycles. The van der Waals surface area contributed by atoms with E-state index >= 15 is 0 Å². The molecule has 1 aliphatic heterocycles. The molecule has 0 aliphatic carbocycles. The summed E-state index contributed by atoms with van der Waals surface area (Å²) in [6, 6.07) is 0.122. The molecule has 0 amide bonds. The van der Waals surface area contributed by atoms with Crippen LogP contribution >= 0.6 is 0 Å². The first-order chi connectivity index (χ1) is 7.91. The van der Waals surface area contributed by atoms with Crippen molar-refractivity contribution in [3.05, 3.63) is 0 Å². The van der Waals surface area contributed by atoms with E-state index in [1.807, 2.05) is 0 Å². The van der Waals surface area contributed by atoms with E-state index in [0.717, 1.165) is 12.8 Å². The van der Waals surface area contributed by atoms with Crippen LogP contribution < -0.4 is 0 Å². The average molecular weight is 264 g/mol. The highest BCUT2D eigenvalue weighted by atomic mass is 32.2. The molecule has 1 N–H and O–H groups in total. The van der Waals surface area contributed by atoms with Gasteiger partial charge >= 0.3 is 0 Å². The van der Waals surface area contributed by atoms with Crippen LogP contribution in [0.25, 0.3) is 0 Å². The molecule has 6 heteroatoms. The summed E-state index contributed by atoms with van der Waals surface area (Å²) in [6.07, 6.45) is 2.37. The number of aliphatic hydroxyl groups is 1. The fourth-order valence-corrected chi connectivity index (χ4v) is 4.07. The molecule has 1 saturated heterocycles. The van der Waals surface area contributed by atoms with Gasteiger partial charge in [0.25, 0.3) is 10.2 Å². The Bertz CT molecular complexity index is 330. The maximum Gasteiger partial charge on any atom is 0.281 e. The van der Waals surface area contributed by atoms with Crippen LogP contribution in [0.1, 0.15) is 33.1 Å². The summed E-state index contributed by atoms with van der Waals surface area (Å²) in [5, 5.41) is 8.75. The molecule has 0 aromatic carbocycles. The van der Waals surface area contributed by atoms with Crippen molar-refractivity contribution in [2.24, 2.45) is 5.92 Å². The number of nitrogens with zero attached hydrogens (tertiary/aromatic N) is 2. The summed E-state index contributed by atoms with van der Waals surface area (Å²) in [6.45, 7) is 5.14. The van der Waals surface area contributed by atoms with Gasteiger partial charge in [0.15, 0.2) is 0 Å². The van der Waals surface area contributed by atoms with Crippen molar-refractivity contribution in [3.63, 3.8) is 0 Å². The second-order valence-corrected chi connectivity index (χ2v) is 6.96. The van der Waals surface area contributed by atoms with E-state index in [1.54, 1.807) is 11.4 Å². The van der Waals surface area contributed by atoms with E-state index in [1.165, 1.54) is 4.31 Å². The van der Waals surface area contributed by atoms with Gasteiger partial charge in [-0.15, -0.1) is 0 Å². The number of aliphatic hydroxyl groups excluding tert-OH is 1. The normalized spacial score (nSPS) is 22.8. The summed E-state index contributed by atoms with van der Waals surface area (Å²) in [5.74, 6) is 0.346. The first kappa shape index (κ1) is 14.9. The summed E-state index contributed by atoms with van der Waals surface area (Å²) in [7, 11) is -1.77. The van der Waals surface area contributed by atoms with Gasteiger partial charge < -0.3 is 5.11 Å². The molecule has 1 fully saturated rings. The third-order valence-corrected chi connectivity index (χ3v) is 5.36. The van der Waals surface area contributed by atoms with Crippen molar-refractivity contribution in [1.82, 2.24) is 8.61 Å². The van der Waals surface area contributed by atoms with E-state index < -0.39 is 10.2 Å². The lowest BCUT2D eigenvalue weighted by Gasteiger charge is -2.30. The predicted octanol–water partition coefficient (Wildman–Crippen LogP) is 0.666. The molecule has 0 radical (unpaired) electrons. The maximum atomic E-state index is 12.3. The van der Waals surface area contributed by atoms with Crippen LogP contribution in [0.5, 0.6) is 0 Å². The molecule has 1 heterocycles. The number of rotatable bonds is 6. The average Bonchev–Trinajstić information content (AvgIpc) is 2.75. The Morgan fingerprint density at radius 1 is 1.47 bits per heavy atom. The van der Waals surface area contributed by atoms with Gasteiger partial charge in [-0.1, -0.05) is 13.8 Å². The summed E-state index contributed by atoms with van der Waals surface area (Å²) >= 11 is 0. The fraction of sp³-hybridized carbons (Fsp3) is 1.00. The molecule has 0 aromatic rings. The second-order valence-electron chi connectivity index (χ2n) is 4.97. The highest BCUT2D eigenvalue weighted by Crippen LogP contribution is 2.27. The van der Waals surface area contributed by atoms with E-state index in [0.29, 0.717) is 25.4 Å². The minimum atomic E-state index is -3.35. The van der Waals surface area contributed by atoms with Crippen molar-refractivity contribution in [2.45, 2.75) is 39.2 Å². The smallest absolute Gasteiger partial charge is 0.281 e. The molecular weight excluding hydrogens is 240 g/mol. The first-order valence-electron chi connectivity index (χ1n) is 6.25. The molecule has 1 aliphatic rings. The Balaban J connectivity index is 2.75. The highest BCUT2D eigenvalue weighted by Gasteiger charge is 2.37. The summed E-state index contributed by atoms with van der Waals surface area (Å²) in [5.41, 5.74) is 0. The molecule has 0 bridgehead atoms. The van der Waals surface area contributed by atoms with E-state index in [4.69, 9.17) is 5.11 Å². The topological polar surface area (TPSA) is 60.9 Å². The van der Waals surface area contributed by atoms with Crippen molar-refractivity contribution < 1.29 is 13.5 Å². The van der Waals surface area contributed by atoms with Gasteiger partial charge in [0.1, 0.15) is 0 Å². The maximum absolute atomic E-state index is 12.3. The van der Waals surface area contributed by atoms with Crippen LogP contribution in [0.2, 0.25) is 0 Å². The zero-order valence-corrected chi connectivity index (χ0v) is 11.8. The van der Waals surface area contributed by atoms with Crippen LogP contribution in [0, 0.1) is 5.92 Å². The second kappa shape index (κ2) is 6.13. The largest absolute Gasteiger partial charge is 0.396 e. The predicted molar refractivity (Wildman–Crippen MR) is 67.8 cm³/mol. The molecule has 17 heavy (non-hydrogen) atoms. The molecule has 1 rings (SSSR count). The number of hydrogen-bond acceptors (Lipinski definition) is 3. The van der Waals surface area contributed by atoms with Gasteiger partial charge in [-0.2, -0.15) is 17.0 Å². The SMILES string of the molecule is CC(C)C1CCCN1S(=O)(=O)N(C)CCCO. The van der Waals surface area contributed by atoms with Crippen molar-refractivity contribution in [3.8, 4) is 0 Å². The van der Waals surface area contributed by atoms with Crippen molar-refractivity contribution >= 4 is 10.2 Å². The van der Waals surface area contributed by atoms with Gasteiger partial charge in [0, 0.05) is 32.8 Å². The van der Waals surface area contributed by atoms with Crippen LogP contribution in [0.15, 0.2) is 0 Å². The van der Waals surface area contributed by atoms with Gasteiger partial charge in [-0.25, -0.2) is 0 Å². The molecular formula is C11H24N2O3S. The van der Waals surface area contributed by atoms with Gasteiger partial charge in [0.05, 0.1) is 0 Å². The van der Waals surface area contributed by atoms with Gasteiger partial charge in [-0.05, 0) is 25.2 Å². The Hall–Kier alpha value is -0.170. The molecule has 1 atom stereocenters. The fourth-order valence-electron chi connectivity index (χ4n) is 2.31. The monoisotopic (exact) mass is 264 g/mol. The molecule has 1 unspecified atom stereocenters. The zero-order valence-electron chi connectivity index (χ0n) is 11.0. The minimum absolute atomic E-state index is 0.0213. The lowest BCUT2D eigenvalue weighted by molar-refractivity contribution is 0.263. The molecule has 102 valence electrons. The van der Waals surface area contributed by atoms with Crippen LogP contribution in [0.3, 0.4) is 0 Å². The highest BCUT2D eigenvalue weighted by molar-refractivity contribution is 7.86. The zero-order chi connectivity index (χ0) is 13.1. The standard InChI is InChI=1S/C11H24N2O3S/c1-10(2)11-6-4-8-13(11)17(15,16)12(3)7-5-9-14/h10-11,14H,4-9H2,1-3H3. The molecule has 0 saturated carbocycles. The molecule has 5 nitrogen and oxygen atoms in total. The lowest BCUT2D eigenvalue weighted by Crippen LogP contribution is -2.46. The minimum Gasteiger partial charge on any atom is -0.396 e. The Kier molecular flexibility index (Phi) is 5.37. The summed E-state index contributed by atoms with van der Waals surface area (Å²) < 4.78 is 27.6. The van der Waals surface area contributed by atoms with Crippen molar-refractivity contribution in [2.75, 3.05) is 26.7 Å². The van der Waals surface area contributed by atoms with Crippen LogP contribution in [-0.2, 0) is 10.2 Å². The van der Waals surface area contributed by atoms with Crippen molar-refractivity contribution in [1.29, 1.82) is 0 Å².